The van der Waals surface area contributed by atoms with Crippen LogP contribution in [0.2, 0.25) is 0 Å². The first-order chi connectivity index (χ1) is 9.07. The summed E-state index contributed by atoms with van der Waals surface area (Å²) in [6.45, 7) is 8.55. The first-order valence-corrected chi connectivity index (χ1v) is 9.53. The van der Waals surface area contributed by atoms with E-state index in [4.69, 9.17) is 0 Å². The average Bonchev–Trinajstić information content (AvgIpc) is 2.36. The Labute approximate surface area is 146 Å². The highest BCUT2D eigenvalue weighted by atomic mass is 79.9. The van der Waals surface area contributed by atoms with Crippen LogP contribution >= 0.6 is 47.8 Å². The second kappa shape index (κ2) is 5.48. The van der Waals surface area contributed by atoms with Crippen LogP contribution in [0.25, 0.3) is 0 Å². The van der Waals surface area contributed by atoms with Gasteiger partial charge in [-0.25, -0.2) is 0 Å². The van der Waals surface area contributed by atoms with Crippen molar-refractivity contribution in [3.05, 3.63) is 24.3 Å². The summed E-state index contributed by atoms with van der Waals surface area (Å²) in [7, 11) is 0. The maximum atomic E-state index is 10.6. The number of hydrogen-bond acceptors (Lipinski definition) is 2. The summed E-state index contributed by atoms with van der Waals surface area (Å²) in [5.74, 6) is 0. The summed E-state index contributed by atoms with van der Waals surface area (Å²) in [5.41, 5.74) is -0.154. The van der Waals surface area contributed by atoms with Gasteiger partial charge >= 0.3 is 0 Å². The first kappa shape index (κ1) is 17.2. The van der Waals surface area contributed by atoms with Crippen molar-refractivity contribution in [2.75, 3.05) is 0 Å². The summed E-state index contributed by atoms with van der Waals surface area (Å²) in [5, 5.41) is 20.8. The molecule has 4 atom stereocenters. The van der Waals surface area contributed by atoms with Crippen molar-refractivity contribution in [3.63, 3.8) is 0 Å². The lowest BCUT2D eigenvalue weighted by atomic mass is 9.51. The molecule has 1 saturated carbocycles. The monoisotopic (exact) mass is 470 g/mol. The largest absolute Gasteiger partial charge is 0.392 e. The van der Waals surface area contributed by atoms with Crippen LogP contribution in [0.3, 0.4) is 0 Å². The van der Waals surface area contributed by atoms with Crippen molar-refractivity contribution in [1.82, 2.24) is 0 Å². The van der Waals surface area contributed by atoms with Crippen LogP contribution in [0, 0.1) is 10.8 Å². The van der Waals surface area contributed by atoms with E-state index in [0.29, 0.717) is 12.8 Å². The lowest BCUT2D eigenvalue weighted by molar-refractivity contribution is 0.00235. The minimum atomic E-state index is -0.876. The maximum absolute atomic E-state index is 10.6. The molecule has 0 amide bonds. The molecule has 2 N–H and O–H groups in total. The zero-order valence-electron chi connectivity index (χ0n) is 11.7. The van der Waals surface area contributed by atoms with Gasteiger partial charge in [0, 0.05) is 10.2 Å². The van der Waals surface area contributed by atoms with Crippen LogP contribution in [0.1, 0.15) is 33.1 Å². The third-order valence-electron chi connectivity index (χ3n) is 5.22. The van der Waals surface area contributed by atoms with Crippen LogP contribution in [0.4, 0.5) is 0 Å². The van der Waals surface area contributed by atoms with E-state index in [0.717, 1.165) is 12.0 Å². The molecule has 0 aliphatic heterocycles. The SMILES string of the molecule is C=C1C[C@H](O)[C@H](Br)C(C)(C)[C@]12C=C[C@](O)(C(Br)Br)CC2. The highest BCUT2D eigenvalue weighted by Gasteiger charge is 2.56. The van der Waals surface area contributed by atoms with Crippen molar-refractivity contribution in [3.8, 4) is 0 Å². The molecule has 0 aromatic heterocycles. The fourth-order valence-electron chi connectivity index (χ4n) is 3.58. The Kier molecular flexibility index (Phi) is 4.71. The van der Waals surface area contributed by atoms with Gasteiger partial charge in [-0.3, -0.25) is 0 Å². The molecule has 2 aliphatic rings. The molecule has 1 fully saturated rings. The molecule has 5 heteroatoms. The predicted octanol–water partition coefficient (Wildman–Crippen LogP) is 4.28. The molecular formula is C15H21Br3O2. The van der Waals surface area contributed by atoms with Crippen molar-refractivity contribution >= 4 is 47.8 Å². The molecule has 0 bridgehead atoms. The summed E-state index contributed by atoms with van der Waals surface area (Å²) >= 11 is 10.5. The van der Waals surface area contributed by atoms with Gasteiger partial charge in [0.25, 0.3) is 0 Å². The van der Waals surface area contributed by atoms with E-state index in [2.05, 4.69) is 74.3 Å². The molecule has 114 valence electrons. The molecule has 1 spiro atoms. The fraction of sp³-hybridized carbons (Fsp3) is 0.733. The Balaban J connectivity index is 2.43. The van der Waals surface area contributed by atoms with Gasteiger partial charge in [-0.15, -0.1) is 0 Å². The Morgan fingerprint density at radius 2 is 1.90 bits per heavy atom. The second-order valence-electron chi connectivity index (χ2n) is 6.60. The van der Waals surface area contributed by atoms with E-state index in [-0.39, 0.29) is 19.4 Å². The Hall–Kier alpha value is 0.840. The third kappa shape index (κ3) is 2.41. The van der Waals surface area contributed by atoms with E-state index in [9.17, 15) is 10.2 Å². The fourth-order valence-corrected chi connectivity index (χ4v) is 4.94. The second-order valence-corrected chi connectivity index (χ2v) is 10.6. The Morgan fingerprint density at radius 1 is 1.30 bits per heavy atom. The minimum absolute atomic E-state index is 0.0140. The van der Waals surface area contributed by atoms with E-state index in [1.807, 2.05) is 6.08 Å². The van der Waals surface area contributed by atoms with Gasteiger partial charge in [0.2, 0.25) is 0 Å². The molecular weight excluding hydrogens is 452 g/mol. The molecule has 0 radical (unpaired) electrons. The van der Waals surface area contributed by atoms with Gasteiger partial charge < -0.3 is 10.2 Å². The number of aliphatic hydroxyl groups is 2. The summed E-state index contributed by atoms with van der Waals surface area (Å²) in [6.07, 6.45) is 5.67. The smallest absolute Gasteiger partial charge is 0.105 e. The van der Waals surface area contributed by atoms with Gasteiger partial charge in [-0.1, -0.05) is 85.9 Å². The number of rotatable bonds is 1. The van der Waals surface area contributed by atoms with Crippen molar-refractivity contribution < 1.29 is 10.2 Å². The van der Waals surface area contributed by atoms with Crippen LogP contribution < -0.4 is 0 Å². The van der Waals surface area contributed by atoms with E-state index in [1.54, 1.807) is 0 Å². The molecule has 0 aromatic carbocycles. The van der Waals surface area contributed by atoms with Crippen LogP contribution in [-0.4, -0.2) is 30.5 Å². The number of hydrogen-bond donors (Lipinski definition) is 2. The summed E-state index contributed by atoms with van der Waals surface area (Å²) < 4.78 is -0.165. The van der Waals surface area contributed by atoms with Crippen molar-refractivity contribution in [2.24, 2.45) is 10.8 Å². The molecule has 2 rings (SSSR count). The number of alkyl halides is 3. The van der Waals surface area contributed by atoms with Gasteiger partial charge in [0.05, 0.1) is 6.10 Å². The van der Waals surface area contributed by atoms with E-state index in [1.165, 1.54) is 0 Å². The maximum Gasteiger partial charge on any atom is 0.105 e. The van der Waals surface area contributed by atoms with Crippen LogP contribution in [0.5, 0.6) is 0 Å². The predicted molar refractivity (Wildman–Crippen MR) is 93.7 cm³/mol. The van der Waals surface area contributed by atoms with Gasteiger partial charge in [-0.2, -0.15) is 0 Å². The van der Waals surface area contributed by atoms with Crippen molar-refractivity contribution in [2.45, 2.75) is 53.4 Å². The molecule has 0 unspecified atom stereocenters. The molecule has 0 saturated heterocycles. The van der Waals surface area contributed by atoms with E-state index < -0.39 is 11.7 Å². The summed E-state index contributed by atoms with van der Waals surface area (Å²) in [4.78, 5) is 0.0140. The number of halogens is 3. The standard InChI is InChI=1S/C15H21Br3O2/c1-9-8-10(19)11(16)13(2,3)14(9)4-6-15(20,7-5-14)12(17)18/h4,6,10-12,19-20H,1,5,7-8H2,2-3H3/t10-,11-,14-,15+/m0/s1. The lowest BCUT2D eigenvalue weighted by Gasteiger charge is -2.57. The molecule has 20 heavy (non-hydrogen) atoms. The number of allylic oxidation sites excluding steroid dienone is 1. The third-order valence-corrected chi connectivity index (χ3v) is 8.56. The number of aliphatic hydroxyl groups excluding tert-OH is 1. The van der Waals surface area contributed by atoms with Crippen LogP contribution in [0.15, 0.2) is 24.3 Å². The quantitative estimate of drug-likeness (QED) is 0.441. The Bertz CT molecular complexity index is 446. The summed E-state index contributed by atoms with van der Waals surface area (Å²) in [6, 6.07) is 0. The molecule has 0 heterocycles. The van der Waals surface area contributed by atoms with Gasteiger partial charge in [0.1, 0.15) is 9.34 Å². The molecule has 0 aromatic rings. The van der Waals surface area contributed by atoms with Gasteiger partial charge in [0.15, 0.2) is 0 Å². The molecule has 2 nitrogen and oxygen atoms in total. The van der Waals surface area contributed by atoms with E-state index >= 15 is 0 Å². The highest BCUT2D eigenvalue weighted by molar-refractivity contribution is 9.24. The van der Waals surface area contributed by atoms with Crippen LogP contribution in [-0.2, 0) is 0 Å². The Morgan fingerprint density at radius 3 is 2.35 bits per heavy atom. The zero-order valence-corrected chi connectivity index (χ0v) is 16.5. The van der Waals surface area contributed by atoms with Crippen molar-refractivity contribution in [1.29, 1.82) is 0 Å². The molecule has 2 aliphatic carbocycles. The topological polar surface area (TPSA) is 40.5 Å². The lowest BCUT2D eigenvalue weighted by Crippen LogP contribution is -2.55. The average molecular weight is 473 g/mol. The normalized spacial score (nSPS) is 44.3. The first-order valence-electron chi connectivity index (χ1n) is 6.78. The minimum Gasteiger partial charge on any atom is -0.392 e. The highest BCUT2D eigenvalue weighted by Crippen LogP contribution is 2.60. The van der Waals surface area contributed by atoms with Gasteiger partial charge in [-0.05, 0) is 24.7 Å². The zero-order chi connectivity index (χ0) is 15.3.